The topological polar surface area (TPSA) is 64.0 Å². The fraction of sp³-hybridized carbons (Fsp3) is 0.435. The second-order valence-electron chi connectivity index (χ2n) is 8.45. The number of carbonyl (C=O) groups excluding carboxylic acids is 1. The molecule has 1 amide bonds. The van der Waals surface area contributed by atoms with Gasteiger partial charge in [-0.3, -0.25) is 14.2 Å². The molecule has 1 N–H and O–H groups in total. The summed E-state index contributed by atoms with van der Waals surface area (Å²) in [6.45, 7) is 8.41. The maximum Gasteiger partial charge on any atom is 0.262 e. The van der Waals surface area contributed by atoms with E-state index in [0.29, 0.717) is 17.2 Å². The van der Waals surface area contributed by atoms with Crippen LogP contribution in [0, 0.1) is 12.8 Å². The first-order chi connectivity index (χ1) is 13.8. The number of aromatic nitrogens is 2. The summed E-state index contributed by atoms with van der Waals surface area (Å²) in [5.74, 6) is 0.737. The van der Waals surface area contributed by atoms with Crippen molar-refractivity contribution in [3.05, 3.63) is 56.4 Å². The van der Waals surface area contributed by atoms with Crippen LogP contribution in [0.4, 0.5) is 5.69 Å². The van der Waals surface area contributed by atoms with Gasteiger partial charge in [-0.15, -0.1) is 11.3 Å². The minimum absolute atomic E-state index is 0.0331. The Hall–Kier alpha value is -2.47. The molecule has 5 nitrogen and oxygen atoms in total. The molecule has 2 heterocycles. The number of benzene rings is 1. The lowest BCUT2D eigenvalue weighted by Crippen LogP contribution is -2.28. The zero-order chi connectivity index (χ0) is 20.7. The highest BCUT2D eigenvalue weighted by atomic mass is 32.1. The Morgan fingerprint density at radius 1 is 1.38 bits per heavy atom. The van der Waals surface area contributed by atoms with Gasteiger partial charge in [0, 0.05) is 10.6 Å². The molecule has 1 atom stereocenters. The molecule has 4 rings (SSSR count). The molecule has 0 radical (unpaired) electrons. The summed E-state index contributed by atoms with van der Waals surface area (Å²) >= 11 is 1.63. The first-order valence-electron chi connectivity index (χ1n) is 10.2. The van der Waals surface area contributed by atoms with Crippen LogP contribution in [0.25, 0.3) is 10.2 Å². The third-order valence-corrected chi connectivity index (χ3v) is 6.95. The van der Waals surface area contributed by atoms with E-state index in [1.54, 1.807) is 11.3 Å². The summed E-state index contributed by atoms with van der Waals surface area (Å²) in [6, 6.07) is 6.02. The maximum atomic E-state index is 13.1. The molecule has 0 fully saturated rings. The van der Waals surface area contributed by atoms with Crippen LogP contribution in [-0.4, -0.2) is 15.5 Å². The predicted octanol–water partition coefficient (Wildman–Crippen LogP) is 4.65. The highest BCUT2D eigenvalue weighted by Gasteiger charge is 2.23. The van der Waals surface area contributed by atoms with Gasteiger partial charge in [-0.1, -0.05) is 39.0 Å². The van der Waals surface area contributed by atoms with Gasteiger partial charge < -0.3 is 5.32 Å². The maximum absolute atomic E-state index is 13.1. The monoisotopic (exact) mass is 409 g/mol. The van der Waals surface area contributed by atoms with Gasteiger partial charge >= 0.3 is 0 Å². The van der Waals surface area contributed by atoms with Gasteiger partial charge in [0.15, 0.2) is 0 Å². The van der Waals surface area contributed by atoms with Crippen molar-refractivity contribution in [2.75, 3.05) is 5.32 Å². The normalized spacial score (nSPS) is 16.2. The summed E-state index contributed by atoms with van der Waals surface area (Å²) in [4.78, 5) is 32.5. The number of hydrogen-bond acceptors (Lipinski definition) is 4. The summed E-state index contributed by atoms with van der Waals surface area (Å²) in [5, 5.41) is 3.74. The van der Waals surface area contributed by atoms with E-state index in [2.05, 4.69) is 31.1 Å². The molecule has 29 heavy (non-hydrogen) atoms. The van der Waals surface area contributed by atoms with E-state index >= 15 is 0 Å². The second kappa shape index (κ2) is 7.75. The molecule has 0 spiro atoms. The molecule has 3 aromatic rings. The molecular formula is C23H27N3O2S. The molecule has 1 aromatic carbocycles. The number of hydrogen-bond donors (Lipinski definition) is 1. The number of nitrogens with zero attached hydrogens (tertiary/aromatic N) is 2. The number of nitrogens with one attached hydrogen (secondary N) is 1. The number of amides is 1. The Morgan fingerprint density at radius 2 is 2.17 bits per heavy atom. The lowest BCUT2D eigenvalue weighted by Gasteiger charge is -2.18. The van der Waals surface area contributed by atoms with E-state index in [1.807, 2.05) is 25.1 Å². The zero-order valence-corrected chi connectivity index (χ0v) is 18.2. The van der Waals surface area contributed by atoms with Crippen molar-refractivity contribution in [1.82, 2.24) is 9.55 Å². The lowest BCUT2D eigenvalue weighted by molar-refractivity contribution is -0.116. The van der Waals surface area contributed by atoms with E-state index in [9.17, 15) is 9.59 Å². The number of anilines is 1. The number of rotatable bonds is 4. The standard InChI is InChI=1S/C23H27N3O2S/c1-13(2)16-7-5-6-15(4)21(16)25-19(27)11-26-12-24-22-20(23(26)28)17-9-8-14(3)10-18(17)29-22/h5-7,12-14H,8-11H2,1-4H3,(H,25,27)/t14-/m1/s1. The Balaban J connectivity index is 1.63. The molecule has 6 heteroatoms. The van der Waals surface area contributed by atoms with Crippen LogP contribution in [0.15, 0.2) is 29.3 Å². The molecule has 1 aliphatic carbocycles. The van der Waals surface area contributed by atoms with Gasteiger partial charge in [0.25, 0.3) is 5.56 Å². The molecule has 0 aliphatic heterocycles. The number of fused-ring (bicyclic) bond motifs is 3. The molecule has 0 saturated heterocycles. The molecule has 0 unspecified atom stereocenters. The fourth-order valence-corrected chi connectivity index (χ4v) is 5.50. The van der Waals surface area contributed by atoms with Gasteiger partial charge in [-0.25, -0.2) is 4.98 Å². The van der Waals surface area contributed by atoms with Gasteiger partial charge in [0.2, 0.25) is 5.91 Å². The SMILES string of the molecule is Cc1cccc(C(C)C)c1NC(=O)Cn1cnc2sc3c(c2c1=O)CC[C@@H](C)C3. The summed E-state index contributed by atoms with van der Waals surface area (Å²) in [5.41, 5.74) is 4.01. The molecular weight excluding hydrogens is 382 g/mol. The van der Waals surface area contributed by atoms with Crippen LogP contribution in [0.2, 0.25) is 0 Å². The van der Waals surface area contributed by atoms with Crippen LogP contribution in [-0.2, 0) is 24.2 Å². The number of thiophene rings is 1. The Morgan fingerprint density at radius 3 is 2.93 bits per heavy atom. The second-order valence-corrected chi connectivity index (χ2v) is 9.54. The average Bonchev–Trinajstić information content (AvgIpc) is 3.03. The quantitative estimate of drug-likeness (QED) is 0.682. The Bertz CT molecular complexity index is 1140. The van der Waals surface area contributed by atoms with Crippen molar-refractivity contribution >= 4 is 33.1 Å². The van der Waals surface area contributed by atoms with Crippen LogP contribution < -0.4 is 10.9 Å². The van der Waals surface area contributed by atoms with E-state index in [1.165, 1.54) is 15.8 Å². The van der Waals surface area contributed by atoms with Gasteiger partial charge in [-0.2, -0.15) is 0 Å². The first-order valence-corrected chi connectivity index (χ1v) is 11.1. The molecule has 2 aromatic heterocycles. The smallest absolute Gasteiger partial charge is 0.262 e. The van der Waals surface area contributed by atoms with Crippen molar-refractivity contribution in [2.24, 2.45) is 5.92 Å². The number of para-hydroxylation sites is 1. The highest BCUT2D eigenvalue weighted by Crippen LogP contribution is 2.35. The number of aryl methyl sites for hydroxylation is 2. The van der Waals surface area contributed by atoms with Crippen LogP contribution >= 0.6 is 11.3 Å². The van der Waals surface area contributed by atoms with E-state index < -0.39 is 0 Å². The fourth-order valence-electron chi connectivity index (χ4n) is 4.15. The molecule has 1 aliphatic rings. The minimum atomic E-state index is -0.206. The van der Waals surface area contributed by atoms with Crippen molar-refractivity contribution in [3.8, 4) is 0 Å². The molecule has 0 bridgehead atoms. The summed E-state index contributed by atoms with van der Waals surface area (Å²) in [6.07, 6.45) is 4.54. The summed E-state index contributed by atoms with van der Waals surface area (Å²) < 4.78 is 1.44. The average molecular weight is 410 g/mol. The predicted molar refractivity (Wildman–Crippen MR) is 119 cm³/mol. The van der Waals surface area contributed by atoms with Crippen molar-refractivity contribution in [1.29, 1.82) is 0 Å². The Kier molecular flexibility index (Phi) is 5.30. The third-order valence-electron chi connectivity index (χ3n) is 5.79. The van der Waals surface area contributed by atoms with Crippen LogP contribution in [0.5, 0.6) is 0 Å². The van der Waals surface area contributed by atoms with Crippen LogP contribution in [0.1, 0.15) is 54.7 Å². The summed E-state index contributed by atoms with van der Waals surface area (Å²) in [7, 11) is 0. The Labute approximate surface area is 174 Å². The lowest BCUT2D eigenvalue weighted by atomic mass is 9.89. The molecule has 0 saturated carbocycles. The van der Waals surface area contributed by atoms with E-state index in [-0.39, 0.29) is 18.0 Å². The van der Waals surface area contributed by atoms with E-state index in [0.717, 1.165) is 46.5 Å². The third kappa shape index (κ3) is 3.73. The molecule has 152 valence electrons. The van der Waals surface area contributed by atoms with Gasteiger partial charge in [-0.05, 0) is 54.7 Å². The first kappa shape index (κ1) is 19.8. The largest absolute Gasteiger partial charge is 0.324 e. The minimum Gasteiger partial charge on any atom is -0.324 e. The van der Waals surface area contributed by atoms with Gasteiger partial charge in [0.1, 0.15) is 11.4 Å². The van der Waals surface area contributed by atoms with Gasteiger partial charge in [0.05, 0.1) is 11.7 Å². The van der Waals surface area contributed by atoms with Crippen molar-refractivity contribution in [3.63, 3.8) is 0 Å². The highest BCUT2D eigenvalue weighted by molar-refractivity contribution is 7.18. The zero-order valence-electron chi connectivity index (χ0n) is 17.4. The van der Waals surface area contributed by atoms with Crippen molar-refractivity contribution < 1.29 is 4.79 Å². The van der Waals surface area contributed by atoms with Crippen molar-refractivity contribution in [2.45, 2.75) is 59.4 Å². The van der Waals surface area contributed by atoms with Crippen LogP contribution in [0.3, 0.4) is 0 Å². The van der Waals surface area contributed by atoms with E-state index in [4.69, 9.17) is 0 Å². The number of carbonyl (C=O) groups is 1.